The Labute approximate surface area is 124 Å². The molecule has 0 bridgehead atoms. The van der Waals surface area contributed by atoms with Crippen LogP contribution in [0.15, 0.2) is 18.2 Å². The number of amides is 2. The van der Waals surface area contributed by atoms with Crippen molar-refractivity contribution in [3.63, 3.8) is 0 Å². The van der Waals surface area contributed by atoms with Gasteiger partial charge in [0.15, 0.2) is 0 Å². The molecule has 2 atom stereocenters. The first kappa shape index (κ1) is 15.5. The topological polar surface area (TPSA) is 78.4 Å². The maximum absolute atomic E-state index is 11.9. The van der Waals surface area contributed by atoms with E-state index in [0.717, 1.165) is 16.8 Å². The van der Waals surface area contributed by atoms with Gasteiger partial charge in [-0.25, -0.2) is 0 Å². The monoisotopic (exact) mass is 290 g/mol. The van der Waals surface area contributed by atoms with E-state index < -0.39 is 6.10 Å². The Morgan fingerprint density at radius 2 is 2.10 bits per heavy atom. The van der Waals surface area contributed by atoms with E-state index in [4.69, 9.17) is 0 Å². The van der Waals surface area contributed by atoms with Crippen LogP contribution in [-0.2, 0) is 16.0 Å². The lowest BCUT2D eigenvalue weighted by Gasteiger charge is -2.18. The van der Waals surface area contributed by atoms with E-state index in [1.807, 2.05) is 39.0 Å². The number of carbonyl (C=O) groups is 2. The molecule has 0 saturated carbocycles. The van der Waals surface area contributed by atoms with E-state index >= 15 is 0 Å². The molecule has 114 valence electrons. The number of benzene rings is 1. The Kier molecular flexibility index (Phi) is 4.63. The second kappa shape index (κ2) is 6.26. The molecule has 5 nitrogen and oxygen atoms in total. The first-order chi connectivity index (χ1) is 9.86. The first-order valence-corrected chi connectivity index (χ1v) is 7.27. The lowest BCUT2D eigenvalue weighted by Crippen LogP contribution is -2.31. The summed E-state index contributed by atoms with van der Waals surface area (Å²) in [6.45, 7) is 5.66. The highest BCUT2D eigenvalue weighted by atomic mass is 16.3. The van der Waals surface area contributed by atoms with Crippen LogP contribution in [-0.4, -0.2) is 23.0 Å². The molecule has 5 heteroatoms. The van der Waals surface area contributed by atoms with Crippen LogP contribution < -0.4 is 10.6 Å². The summed E-state index contributed by atoms with van der Waals surface area (Å²) in [5, 5.41) is 15.4. The van der Waals surface area contributed by atoms with E-state index in [0.29, 0.717) is 6.42 Å². The molecule has 1 heterocycles. The summed E-state index contributed by atoms with van der Waals surface area (Å²) in [6.07, 6.45) is -0.137. The number of nitrogens with one attached hydrogen (secondary N) is 2. The van der Waals surface area contributed by atoms with Crippen LogP contribution in [0.1, 0.15) is 44.4 Å². The van der Waals surface area contributed by atoms with Crippen molar-refractivity contribution in [1.82, 2.24) is 5.32 Å². The molecular formula is C16H22N2O3. The molecule has 1 aliphatic heterocycles. The predicted octanol–water partition coefficient (Wildman–Crippen LogP) is 1.77. The SMILES string of the molecule is CC(NC(=O)CC(O)C(C)C)c1ccc2c(c1)CC(=O)N2. The van der Waals surface area contributed by atoms with Crippen molar-refractivity contribution >= 4 is 17.5 Å². The number of aliphatic hydroxyl groups is 1. The smallest absolute Gasteiger partial charge is 0.228 e. The molecule has 0 saturated heterocycles. The number of anilines is 1. The van der Waals surface area contributed by atoms with Crippen molar-refractivity contribution in [2.45, 2.75) is 45.8 Å². The second-order valence-corrected chi connectivity index (χ2v) is 5.95. The van der Waals surface area contributed by atoms with Gasteiger partial charge in [-0.05, 0) is 30.0 Å². The van der Waals surface area contributed by atoms with E-state index in [1.165, 1.54) is 0 Å². The van der Waals surface area contributed by atoms with E-state index in [2.05, 4.69) is 10.6 Å². The van der Waals surface area contributed by atoms with Crippen LogP contribution in [0.25, 0.3) is 0 Å². The summed E-state index contributed by atoms with van der Waals surface area (Å²) >= 11 is 0. The van der Waals surface area contributed by atoms with Gasteiger partial charge in [0, 0.05) is 5.69 Å². The van der Waals surface area contributed by atoms with Gasteiger partial charge in [-0.1, -0.05) is 26.0 Å². The fourth-order valence-electron chi connectivity index (χ4n) is 2.33. The fraction of sp³-hybridized carbons (Fsp3) is 0.500. The molecule has 0 aliphatic carbocycles. The fourth-order valence-corrected chi connectivity index (χ4v) is 2.33. The van der Waals surface area contributed by atoms with Crippen LogP contribution in [0, 0.1) is 5.92 Å². The van der Waals surface area contributed by atoms with Crippen LogP contribution >= 0.6 is 0 Å². The third-order valence-corrected chi connectivity index (χ3v) is 3.80. The Balaban J connectivity index is 1.98. The van der Waals surface area contributed by atoms with Crippen LogP contribution in [0.2, 0.25) is 0 Å². The summed E-state index contributed by atoms with van der Waals surface area (Å²) in [5.41, 5.74) is 2.76. The second-order valence-electron chi connectivity index (χ2n) is 5.95. The zero-order valence-corrected chi connectivity index (χ0v) is 12.6. The van der Waals surface area contributed by atoms with Crippen molar-refractivity contribution in [3.8, 4) is 0 Å². The Hall–Kier alpha value is -1.88. The zero-order valence-electron chi connectivity index (χ0n) is 12.6. The molecule has 0 aromatic heterocycles. The molecule has 1 aromatic rings. The highest BCUT2D eigenvalue weighted by molar-refractivity contribution is 5.99. The third-order valence-electron chi connectivity index (χ3n) is 3.80. The van der Waals surface area contributed by atoms with Crippen molar-refractivity contribution in [2.24, 2.45) is 5.92 Å². The van der Waals surface area contributed by atoms with Gasteiger partial charge in [0.05, 0.1) is 25.0 Å². The maximum atomic E-state index is 11.9. The van der Waals surface area contributed by atoms with Gasteiger partial charge >= 0.3 is 0 Å². The molecular weight excluding hydrogens is 268 g/mol. The molecule has 2 rings (SSSR count). The summed E-state index contributed by atoms with van der Waals surface area (Å²) in [4.78, 5) is 23.2. The van der Waals surface area contributed by atoms with Crippen molar-refractivity contribution in [1.29, 1.82) is 0 Å². The number of rotatable bonds is 5. The molecule has 0 fully saturated rings. The van der Waals surface area contributed by atoms with Crippen LogP contribution in [0.5, 0.6) is 0 Å². The standard InChI is InChI=1S/C16H22N2O3/c1-9(2)14(19)8-16(21)17-10(3)11-4-5-13-12(6-11)7-15(20)18-13/h4-6,9-10,14,19H,7-8H2,1-3H3,(H,17,21)(H,18,20). The highest BCUT2D eigenvalue weighted by Crippen LogP contribution is 2.26. The Bertz CT molecular complexity index is 554. The van der Waals surface area contributed by atoms with Gasteiger partial charge in [-0.3, -0.25) is 9.59 Å². The summed E-state index contributed by atoms with van der Waals surface area (Å²) in [5.74, 6) is -0.111. The molecule has 0 spiro atoms. The Morgan fingerprint density at radius 1 is 1.38 bits per heavy atom. The number of hydrogen-bond acceptors (Lipinski definition) is 3. The summed E-state index contributed by atoms with van der Waals surface area (Å²) in [7, 11) is 0. The van der Waals surface area contributed by atoms with Gasteiger partial charge in [0.1, 0.15) is 0 Å². The van der Waals surface area contributed by atoms with Gasteiger partial charge in [0.25, 0.3) is 0 Å². The van der Waals surface area contributed by atoms with E-state index in [1.54, 1.807) is 0 Å². The lowest BCUT2D eigenvalue weighted by molar-refractivity contribution is -0.124. The van der Waals surface area contributed by atoms with Gasteiger partial charge in [0.2, 0.25) is 11.8 Å². The molecule has 0 radical (unpaired) electrons. The normalized spacial score (nSPS) is 16.3. The number of carbonyl (C=O) groups excluding carboxylic acids is 2. The van der Waals surface area contributed by atoms with Gasteiger partial charge in [-0.2, -0.15) is 0 Å². The number of hydrogen-bond donors (Lipinski definition) is 3. The zero-order chi connectivity index (χ0) is 15.6. The summed E-state index contributed by atoms with van der Waals surface area (Å²) < 4.78 is 0. The van der Waals surface area contributed by atoms with Gasteiger partial charge in [-0.15, -0.1) is 0 Å². The van der Waals surface area contributed by atoms with Crippen molar-refractivity contribution in [3.05, 3.63) is 29.3 Å². The maximum Gasteiger partial charge on any atom is 0.228 e. The summed E-state index contributed by atoms with van der Waals surface area (Å²) in [6, 6.07) is 5.55. The Morgan fingerprint density at radius 3 is 2.76 bits per heavy atom. The third kappa shape index (κ3) is 3.82. The van der Waals surface area contributed by atoms with Gasteiger partial charge < -0.3 is 15.7 Å². The lowest BCUT2D eigenvalue weighted by atomic mass is 10.0. The minimum absolute atomic E-state index is 0.00102. The average molecular weight is 290 g/mol. The first-order valence-electron chi connectivity index (χ1n) is 7.27. The molecule has 2 amide bonds. The quantitative estimate of drug-likeness (QED) is 0.773. The molecule has 3 N–H and O–H groups in total. The minimum Gasteiger partial charge on any atom is -0.392 e. The highest BCUT2D eigenvalue weighted by Gasteiger charge is 2.20. The van der Waals surface area contributed by atoms with Crippen molar-refractivity contribution < 1.29 is 14.7 Å². The molecule has 1 aliphatic rings. The van der Waals surface area contributed by atoms with E-state index in [9.17, 15) is 14.7 Å². The molecule has 1 aromatic carbocycles. The average Bonchev–Trinajstić information content (AvgIpc) is 2.77. The van der Waals surface area contributed by atoms with Crippen LogP contribution in [0.4, 0.5) is 5.69 Å². The predicted molar refractivity (Wildman–Crippen MR) is 80.8 cm³/mol. The molecule has 2 unspecified atom stereocenters. The largest absolute Gasteiger partial charge is 0.392 e. The van der Waals surface area contributed by atoms with Crippen molar-refractivity contribution in [2.75, 3.05) is 5.32 Å². The molecule has 21 heavy (non-hydrogen) atoms. The van der Waals surface area contributed by atoms with E-state index in [-0.39, 0.29) is 30.2 Å². The number of fused-ring (bicyclic) bond motifs is 1. The minimum atomic E-state index is -0.626. The van der Waals surface area contributed by atoms with Crippen LogP contribution in [0.3, 0.4) is 0 Å². The number of aliphatic hydroxyl groups excluding tert-OH is 1.